The van der Waals surface area contributed by atoms with E-state index in [-0.39, 0.29) is 5.91 Å². The molecule has 23 heavy (non-hydrogen) atoms. The van der Waals surface area contributed by atoms with E-state index in [1.807, 2.05) is 30.7 Å². The van der Waals surface area contributed by atoms with Crippen LogP contribution in [0, 0.1) is 6.92 Å². The maximum atomic E-state index is 12.5. The number of hydrogen-bond acceptors (Lipinski definition) is 4. The van der Waals surface area contributed by atoms with Gasteiger partial charge in [-0.2, -0.15) is 9.30 Å². The maximum absolute atomic E-state index is 12.5. The Morgan fingerprint density at radius 1 is 1.39 bits per heavy atom. The molecule has 0 bridgehead atoms. The van der Waals surface area contributed by atoms with Gasteiger partial charge in [0.15, 0.2) is 4.80 Å². The van der Waals surface area contributed by atoms with Gasteiger partial charge >= 0.3 is 0 Å². The lowest BCUT2D eigenvalue weighted by Crippen LogP contribution is -2.39. The molecule has 3 rings (SSSR count). The quantitative estimate of drug-likeness (QED) is 0.819. The van der Waals surface area contributed by atoms with E-state index in [0.29, 0.717) is 24.2 Å². The summed E-state index contributed by atoms with van der Waals surface area (Å²) in [4.78, 5) is 17.3. The standard InChI is InChI=1S/C15H19N3O3S2/c1-10-6-7-11-13(9-10)22-15(17(11)2)16-14(19)12-5-4-8-18(12)23(3,20)21/h6-7,9,12H,4-5,8H2,1-3H3. The van der Waals surface area contributed by atoms with E-state index in [1.165, 1.54) is 15.6 Å². The summed E-state index contributed by atoms with van der Waals surface area (Å²) in [6.45, 7) is 2.41. The van der Waals surface area contributed by atoms with Gasteiger partial charge in [-0.25, -0.2) is 8.42 Å². The first-order chi connectivity index (χ1) is 10.8. The lowest BCUT2D eigenvalue weighted by Gasteiger charge is -2.18. The third kappa shape index (κ3) is 3.11. The molecule has 0 spiro atoms. The highest BCUT2D eigenvalue weighted by molar-refractivity contribution is 7.88. The molecule has 124 valence electrons. The molecule has 1 aromatic heterocycles. The van der Waals surface area contributed by atoms with E-state index < -0.39 is 16.1 Å². The molecule has 8 heteroatoms. The number of aromatic nitrogens is 1. The molecule has 1 saturated heterocycles. The van der Waals surface area contributed by atoms with E-state index in [9.17, 15) is 13.2 Å². The van der Waals surface area contributed by atoms with Crippen molar-refractivity contribution >= 4 is 37.5 Å². The minimum Gasteiger partial charge on any atom is -0.319 e. The van der Waals surface area contributed by atoms with Gasteiger partial charge in [-0.15, -0.1) is 0 Å². The molecule has 2 heterocycles. The van der Waals surface area contributed by atoms with Crippen molar-refractivity contribution < 1.29 is 13.2 Å². The third-order valence-corrected chi connectivity index (χ3v) is 6.47. The molecule has 1 aliphatic rings. The molecular formula is C15H19N3O3S2. The zero-order valence-corrected chi connectivity index (χ0v) is 14.9. The molecule has 1 unspecified atom stereocenters. The van der Waals surface area contributed by atoms with Crippen molar-refractivity contribution in [2.24, 2.45) is 12.0 Å². The number of hydrogen-bond donors (Lipinski definition) is 0. The molecule has 0 radical (unpaired) electrons. The molecular weight excluding hydrogens is 334 g/mol. The number of thiazole rings is 1. The number of nitrogens with zero attached hydrogens (tertiary/aromatic N) is 3. The zero-order valence-electron chi connectivity index (χ0n) is 13.3. The fourth-order valence-corrected chi connectivity index (χ4v) is 5.14. The van der Waals surface area contributed by atoms with Crippen LogP contribution in [0.5, 0.6) is 0 Å². The summed E-state index contributed by atoms with van der Waals surface area (Å²) in [7, 11) is -1.52. The van der Waals surface area contributed by atoms with Crippen LogP contribution in [0.4, 0.5) is 0 Å². The van der Waals surface area contributed by atoms with Gasteiger partial charge in [-0.1, -0.05) is 17.4 Å². The first kappa shape index (κ1) is 16.4. The summed E-state index contributed by atoms with van der Waals surface area (Å²) in [6.07, 6.45) is 2.36. The van der Waals surface area contributed by atoms with Crippen molar-refractivity contribution in [2.45, 2.75) is 25.8 Å². The topological polar surface area (TPSA) is 71.7 Å². The summed E-state index contributed by atoms with van der Waals surface area (Å²) < 4.78 is 27.7. The van der Waals surface area contributed by atoms with Gasteiger partial charge in [0.2, 0.25) is 10.0 Å². The maximum Gasteiger partial charge on any atom is 0.266 e. The second kappa shape index (κ2) is 5.85. The number of carbonyl (C=O) groups is 1. The average molecular weight is 353 g/mol. The largest absolute Gasteiger partial charge is 0.319 e. The SMILES string of the molecule is Cc1ccc2c(c1)sc(=NC(=O)C1CCCN1S(C)(=O)=O)n2C. The number of sulfonamides is 1. The Bertz CT molecular complexity index is 941. The summed E-state index contributed by atoms with van der Waals surface area (Å²) in [5.41, 5.74) is 2.16. The minimum absolute atomic E-state index is 0.383. The van der Waals surface area contributed by atoms with Crippen LogP contribution in [-0.2, 0) is 21.9 Å². The zero-order chi connectivity index (χ0) is 16.8. The molecule has 2 aromatic rings. The molecule has 6 nitrogen and oxygen atoms in total. The van der Waals surface area contributed by atoms with Gasteiger partial charge in [-0.05, 0) is 37.5 Å². The minimum atomic E-state index is -3.38. The average Bonchev–Trinajstić information content (AvgIpc) is 3.04. The molecule has 0 aliphatic carbocycles. The summed E-state index contributed by atoms with van der Waals surface area (Å²) in [6, 6.07) is 5.41. The lowest BCUT2D eigenvalue weighted by atomic mass is 10.2. The van der Waals surface area contributed by atoms with Gasteiger partial charge in [0.05, 0.1) is 16.5 Å². The van der Waals surface area contributed by atoms with Crippen LogP contribution in [0.2, 0.25) is 0 Å². The van der Waals surface area contributed by atoms with Crippen LogP contribution in [0.3, 0.4) is 0 Å². The highest BCUT2D eigenvalue weighted by Gasteiger charge is 2.36. The van der Waals surface area contributed by atoms with E-state index >= 15 is 0 Å². The summed E-state index contributed by atoms with van der Waals surface area (Å²) in [5.74, 6) is -0.383. The number of benzene rings is 1. The van der Waals surface area contributed by atoms with E-state index in [1.54, 1.807) is 0 Å². The number of rotatable bonds is 2. The van der Waals surface area contributed by atoms with Crippen molar-refractivity contribution in [3.8, 4) is 0 Å². The Balaban J connectivity index is 2.01. The number of carbonyl (C=O) groups excluding carboxylic acids is 1. The second-order valence-electron chi connectivity index (χ2n) is 5.90. The number of aryl methyl sites for hydroxylation is 2. The fraction of sp³-hybridized carbons (Fsp3) is 0.467. The van der Waals surface area contributed by atoms with Gasteiger partial charge < -0.3 is 4.57 Å². The predicted octanol–water partition coefficient (Wildman–Crippen LogP) is 1.40. The monoisotopic (exact) mass is 353 g/mol. The Morgan fingerprint density at radius 2 is 2.13 bits per heavy atom. The Kier molecular flexibility index (Phi) is 4.16. The normalized spacial score (nSPS) is 20.5. The van der Waals surface area contributed by atoms with E-state index in [2.05, 4.69) is 11.1 Å². The molecule has 1 aliphatic heterocycles. The van der Waals surface area contributed by atoms with Crippen molar-refractivity contribution in [2.75, 3.05) is 12.8 Å². The van der Waals surface area contributed by atoms with Crippen LogP contribution in [-0.4, -0.2) is 42.0 Å². The highest BCUT2D eigenvalue weighted by atomic mass is 32.2. The summed E-state index contributed by atoms with van der Waals surface area (Å²) in [5, 5.41) is 0. The number of fused-ring (bicyclic) bond motifs is 1. The van der Waals surface area contributed by atoms with Crippen molar-refractivity contribution in [3.63, 3.8) is 0 Å². The van der Waals surface area contributed by atoms with Crippen LogP contribution < -0.4 is 4.80 Å². The fourth-order valence-electron chi connectivity index (χ4n) is 2.90. The van der Waals surface area contributed by atoms with Crippen LogP contribution in [0.25, 0.3) is 10.2 Å². The molecule has 1 amide bonds. The van der Waals surface area contributed by atoms with Crippen LogP contribution in [0.1, 0.15) is 18.4 Å². The third-order valence-electron chi connectivity index (χ3n) is 4.09. The predicted molar refractivity (Wildman–Crippen MR) is 90.7 cm³/mol. The molecule has 1 fully saturated rings. The molecule has 1 atom stereocenters. The van der Waals surface area contributed by atoms with Crippen LogP contribution in [0.15, 0.2) is 23.2 Å². The van der Waals surface area contributed by atoms with E-state index in [4.69, 9.17) is 0 Å². The van der Waals surface area contributed by atoms with Crippen molar-refractivity contribution in [3.05, 3.63) is 28.6 Å². The van der Waals surface area contributed by atoms with Crippen molar-refractivity contribution in [1.82, 2.24) is 8.87 Å². The Morgan fingerprint density at radius 3 is 2.83 bits per heavy atom. The Hall–Kier alpha value is -1.51. The number of amides is 1. The van der Waals surface area contributed by atoms with Crippen LogP contribution >= 0.6 is 11.3 Å². The van der Waals surface area contributed by atoms with Gasteiger partial charge in [0.1, 0.15) is 6.04 Å². The smallest absolute Gasteiger partial charge is 0.266 e. The Labute approximate surface area is 139 Å². The van der Waals surface area contributed by atoms with Gasteiger partial charge in [-0.3, -0.25) is 4.79 Å². The highest BCUT2D eigenvalue weighted by Crippen LogP contribution is 2.22. The van der Waals surface area contributed by atoms with E-state index in [0.717, 1.165) is 22.0 Å². The first-order valence-electron chi connectivity index (χ1n) is 7.39. The first-order valence-corrected chi connectivity index (χ1v) is 10.1. The molecule has 0 saturated carbocycles. The molecule has 0 N–H and O–H groups in total. The van der Waals surface area contributed by atoms with Crippen molar-refractivity contribution in [1.29, 1.82) is 0 Å². The molecule has 1 aromatic carbocycles. The second-order valence-corrected chi connectivity index (χ2v) is 8.84. The summed E-state index contributed by atoms with van der Waals surface area (Å²) >= 11 is 1.44. The lowest BCUT2D eigenvalue weighted by molar-refractivity contribution is -0.121. The van der Waals surface area contributed by atoms with Gasteiger partial charge in [0.25, 0.3) is 5.91 Å². The van der Waals surface area contributed by atoms with Gasteiger partial charge in [0, 0.05) is 13.6 Å².